The first-order valence-electron chi connectivity index (χ1n) is 13.9. The van der Waals surface area contributed by atoms with Crippen molar-refractivity contribution in [2.75, 3.05) is 41.3 Å². The molecule has 0 aromatic heterocycles. The molecule has 0 aliphatic heterocycles. The van der Waals surface area contributed by atoms with Gasteiger partial charge in [-0.05, 0) is 51.1 Å². The van der Waals surface area contributed by atoms with Crippen molar-refractivity contribution in [1.29, 1.82) is 0 Å². The molecule has 0 bridgehead atoms. The lowest BCUT2D eigenvalue weighted by Crippen LogP contribution is -2.37. The molecule has 4 atom stereocenters. The van der Waals surface area contributed by atoms with Gasteiger partial charge in [0.2, 0.25) is 0 Å². The molecule has 0 aliphatic carbocycles. The third kappa shape index (κ3) is 28.0. The van der Waals surface area contributed by atoms with Crippen LogP contribution in [-0.2, 0) is 0 Å². The summed E-state index contributed by atoms with van der Waals surface area (Å²) in [6.45, 7) is 15.8. The second kappa shape index (κ2) is 27.4. The van der Waals surface area contributed by atoms with Crippen molar-refractivity contribution in [3.8, 4) is 0 Å². The first-order valence-corrected chi connectivity index (χ1v) is 13.9. The fourth-order valence-electron chi connectivity index (χ4n) is 4.78. The minimum absolute atomic E-state index is 0. The summed E-state index contributed by atoms with van der Waals surface area (Å²) in [6, 6.07) is 0. The lowest BCUT2D eigenvalue weighted by Gasteiger charge is -2.37. The Hall–Kier alpha value is -0.200. The average molecular weight is 493 g/mol. The Morgan fingerprint density at radius 2 is 1.03 bits per heavy atom. The van der Waals surface area contributed by atoms with Gasteiger partial charge in [0.1, 0.15) is 0 Å². The minimum atomic E-state index is -0.136. The maximum atomic E-state index is 11.7. The lowest BCUT2D eigenvalue weighted by molar-refractivity contribution is -0.843. The number of hydroxylamine groups is 3. The van der Waals surface area contributed by atoms with E-state index in [-0.39, 0.29) is 12.1 Å². The second-order valence-corrected chi connectivity index (χ2v) is 10.9. The molecular weight excluding hydrogens is 424 g/mol. The van der Waals surface area contributed by atoms with Gasteiger partial charge in [-0.15, -0.1) is 0 Å². The molecule has 0 aromatic rings. The van der Waals surface area contributed by atoms with E-state index in [1.807, 2.05) is 0 Å². The summed E-state index contributed by atoms with van der Waals surface area (Å²) in [5.74, 6) is 3.31. The van der Waals surface area contributed by atoms with Crippen LogP contribution >= 0.6 is 0 Å². The first-order chi connectivity index (χ1) is 15.6. The number of nitrogens with zero attached hydrogens (tertiary/aromatic N) is 2. The van der Waals surface area contributed by atoms with Crippen LogP contribution in [0.4, 0.5) is 0 Å². The summed E-state index contributed by atoms with van der Waals surface area (Å²) in [6.07, 6.45) is 16.0. The quantitative estimate of drug-likeness (QED) is 0.114. The van der Waals surface area contributed by atoms with Gasteiger partial charge in [-0.2, -0.15) is 0 Å². The van der Waals surface area contributed by atoms with E-state index in [1.54, 1.807) is 14.1 Å². The molecule has 0 heterocycles. The fraction of sp³-hybridized carbons (Fsp3) is 1.00. The van der Waals surface area contributed by atoms with Gasteiger partial charge < -0.3 is 14.8 Å². The van der Waals surface area contributed by atoms with E-state index in [2.05, 4.69) is 60.5 Å². The van der Waals surface area contributed by atoms with E-state index in [0.717, 1.165) is 30.7 Å². The van der Waals surface area contributed by atoms with Crippen molar-refractivity contribution < 1.29 is 15.2 Å². The third-order valence-electron chi connectivity index (χ3n) is 6.90. The predicted octanol–water partition coefficient (Wildman–Crippen LogP) is 9.03. The van der Waals surface area contributed by atoms with Crippen molar-refractivity contribution in [3.63, 3.8) is 0 Å². The van der Waals surface area contributed by atoms with Gasteiger partial charge in [-0.1, -0.05) is 107 Å². The zero-order valence-electron chi connectivity index (χ0n) is 24.4. The van der Waals surface area contributed by atoms with Crippen molar-refractivity contribution in [2.24, 2.45) is 23.7 Å². The molecule has 0 aromatic carbocycles. The number of hydrogen-bond donors (Lipinski definition) is 2. The van der Waals surface area contributed by atoms with Crippen LogP contribution in [0.1, 0.15) is 126 Å². The molecule has 0 saturated carbocycles. The van der Waals surface area contributed by atoms with Crippen molar-refractivity contribution >= 4 is 0 Å². The van der Waals surface area contributed by atoms with E-state index < -0.39 is 0 Å². The zero-order chi connectivity index (χ0) is 26.3. The summed E-state index contributed by atoms with van der Waals surface area (Å²) in [4.78, 5) is 2.33. The highest BCUT2D eigenvalue weighted by Gasteiger charge is 2.18. The molecule has 34 heavy (non-hydrogen) atoms. The molecule has 2 N–H and O–H groups in total. The van der Waals surface area contributed by atoms with Crippen molar-refractivity contribution in [3.05, 3.63) is 5.21 Å². The highest BCUT2D eigenvalue weighted by atomic mass is 17.0. The molecule has 0 rings (SSSR count). The first kappa shape index (κ1) is 40.9. The molecule has 0 amide bonds. The molecule has 0 saturated heterocycles. The topological polar surface area (TPSA) is 66.8 Å². The van der Waals surface area contributed by atoms with E-state index >= 15 is 0 Å². The normalized spacial score (nSPS) is 14.6. The van der Waals surface area contributed by atoms with E-state index in [9.17, 15) is 5.21 Å². The van der Waals surface area contributed by atoms with Crippen LogP contribution in [0, 0.1) is 28.9 Å². The van der Waals surface area contributed by atoms with E-state index in [0.29, 0.717) is 5.92 Å². The molecule has 0 spiro atoms. The Kier molecular flexibility index (Phi) is 33.0. The molecule has 5 nitrogen and oxygen atoms in total. The predicted molar refractivity (Wildman–Crippen MR) is 154 cm³/mol. The minimum Gasteiger partial charge on any atom is -0.633 e. The molecule has 0 fully saturated rings. The van der Waals surface area contributed by atoms with Crippen LogP contribution < -0.4 is 0 Å². The van der Waals surface area contributed by atoms with Gasteiger partial charge in [-0.3, -0.25) is 10.5 Å². The zero-order valence-corrected chi connectivity index (χ0v) is 24.4. The van der Waals surface area contributed by atoms with E-state index in [4.69, 9.17) is 10.5 Å². The molecular formula is C29H68N2O3. The monoisotopic (exact) mass is 493 g/mol. The van der Waals surface area contributed by atoms with Gasteiger partial charge in [0.25, 0.3) is 0 Å². The van der Waals surface area contributed by atoms with Crippen LogP contribution in [0.3, 0.4) is 0 Å². The smallest absolute Gasteiger partial charge is 0.0808 e. The van der Waals surface area contributed by atoms with E-state index in [1.165, 1.54) is 77.2 Å². The van der Waals surface area contributed by atoms with Crippen LogP contribution in [0.5, 0.6) is 0 Å². The summed E-state index contributed by atoms with van der Waals surface area (Å²) in [5, 5.41) is 23.7. The molecule has 0 aliphatic rings. The Balaban J connectivity index is -0.000000240. The van der Waals surface area contributed by atoms with Crippen molar-refractivity contribution in [2.45, 2.75) is 126 Å². The molecule has 5 heteroatoms. The summed E-state index contributed by atoms with van der Waals surface area (Å²) >= 11 is 0. The van der Waals surface area contributed by atoms with Crippen molar-refractivity contribution in [1.82, 2.24) is 4.90 Å². The number of quaternary nitrogens is 1. The number of unbranched alkanes of at least 4 members (excludes halogenated alkanes) is 2. The Bertz CT molecular complexity index is 373. The maximum absolute atomic E-state index is 11.7. The Labute approximate surface area is 216 Å². The van der Waals surface area contributed by atoms with Crippen LogP contribution in [0.2, 0.25) is 0 Å². The van der Waals surface area contributed by atoms with Crippen LogP contribution in [0.15, 0.2) is 0 Å². The van der Waals surface area contributed by atoms with Gasteiger partial charge in [0.05, 0.1) is 20.6 Å². The number of rotatable bonds is 18. The number of hydrogen-bond acceptors (Lipinski definition) is 4. The molecule has 4 unspecified atom stereocenters. The summed E-state index contributed by atoms with van der Waals surface area (Å²) < 4.78 is -0.136. The third-order valence-corrected chi connectivity index (χ3v) is 6.90. The van der Waals surface area contributed by atoms with Gasteiger partial charge in [-0.25, -0.2) is 0 Å². The molecule has 0 radical (unpaired) electrons. The Morgan fingerprint density at radius 1 is 0.676 bits per heavy atom. The Morgan fingerprint density at radius 3 is 1.29 bits per heavy atom. The van der Waals surface area contributed by atoms with Crippen LogP contribution in [-0.4, -0.2) is 61.3 Å². The highest BCUT2D eigenvalue weighted by molar-refractivity contribution is 4.67. The van der Waals surface area contributed by atoms with Gasteiger partial charge in [0.15, 0.2) is 0 Å². The fourth-order valence-corrected chi connectivity index (χ4v) is 4.78. The maximum Gasteiger partial charge on any atom is 0.0808 e. The SMILES string of the molecule is C.CCCCC(CC)CC(CC)CN(C)C.CCCCC(CC)CC(CC)C[N+](C)(C)[O-].OO. The van der Waals surface area contributed by atoms with Crippen LogP contribution in [0.25, 0.3) is 0 Å². The molecule has 212 valence electrons. The van der Waals surface area contributed by atoms with Gasteiger partial charge >= 0.3 is 0 Å². The summed E-state index contributed by atoms with van der Waals surface area (Å²) in [7, 11) is 7.90. The lowest BCUT2D eigenvalue weighted by atomic mass is 9.87. The van der Waals surface area contributed by atoms with Gasteiger partial charge in [0, 0.05) is 12.5 Å². The second-order valence-electron chi connectivity index (χ2n) is 10.9. The summed E-state index contributed by atoms with van der Waals surface area (Å²) in [5.41, 5.74) is 0. The highest BCUT2D eigenvalue weighted by Crippen LogP contribution is 2.25. The average Bonchev–Trinajstić information content (AvgIpc) is 2.78. The standard InChI is InChI=1S/C14H31NO.C14H31N.CH4.H2O2/c1-6-9-10-13(7-2)11-14(8-3)12-15(4,5)16;1-6-9-10-13(7-2)11-14(8-3)12-15(4)5;;1-2/h13-14H,6-12H2,1-5H3;13-14H,6-12H2,1-5H3;1H4;1-2H. The largest absolute Gasteiger partial charge is 0.633 e.